The highest BCUT2D eigenvalue weighted by atomic mass is 79.9. The second kappa shape index (κ2) is 8.39. The molecule has 0 unspecified atom stereocenters. The molecule has 0 saturated heterocycles. The highest BCUT2D eigenvalue weighted by Gasteiger charge is 2.12. The highest BCUT2D eigenvalue weighted by molar-refractivity contribution is 9.10. The molecule has 1 aromatic heterocycles. The van der Waals surface area contributed by atoms with E-state index in [2.05, 4.69) is 28.2 Å². The molecule has 0 fully saturated rings. The minimum Gasteiger partial charge on any atom is -0.486 e. The predicted molar refractivity (Wildman–Crippen MR) is 94.8 cm³/mol. The molecule has 2 nitrogen and oxygen atoms in total. The molecule has 1 aromatic carbocycles. The molecule has 0 bridgehead atoms. The molecule has 0 aliphatic rings. The summed E-state index contributed by atoms with van der Waals surface area (Å²) in [5, 5.41) is 6.54. The van der Waals surface area contributed by atoms with Crippen LogP contribution in [-0.4, -0.2) is 6.54 Å². The highest BCUT2D eigenvalue weighted by Crippen LogP contribution is 2.34. The summed E-state index contributed by atoms with van der Waals surface area (Å²) in [5.41, 5.74) is 0.980. The average Bonchev–Trinajstić information content (AvgIpc) is 2.83. The Kier molecular flexibility index (Phi) is 6.83. The maximum absolute atomic E-state index is 6.28. The summed E-state index contributed by atoms with van der Waals surface area (Å²) in [6.45, 7) is 4.25. The number of ether oxygens (including phenoxy) is 1. The zero-order valence-electron chi connectivity index (χ0n) is 11.6. The van der Waals surface area contributed by atoms with E-state index >= 15 is 0 Å². The summed E-state index contributed by atoms with van der Waals surface area (Å²) in [6, 6.07) is 5.62. The van der Waals surface area contributed by atoms with Crippen LogP contribution in [0.25, 0.3) is 0 Å². The monoisotopic (exact) mass is 407 g/mol. The Morgan fingerprint density at radius 2 is 2.14 bits per heavy atom. The fraction of sp³-hybridized carbons (Fsp3) is 0.333. The Morgan fingerprint density at radius 3 is 2.81 bits per heavy atom. The molecular weight excluding hydrogens is 393 g/mol. The van der Waals surface area contributed by atoms with E-state index < -0.39 is 0 Å². The average molecular weight is 409 g/mol. The standard InChI is InChI=1S/C15H16BrCl2NOS/c1-2-4-19-8-10-6-11(17)7-13(18)15(10)20-9-14-12(16)3-5-21-14/h3,5-7,19H,2,4,8-9H2,1H3. The summed E-state index contributed by atoms with van der Waals surface area (Å²) in [5.74, 6) is 0.699. The van der Waals surface area contributed by atoms with Crippen molar-refractivity contribution in [2.75, 3.05) is 6.54 Å². The zero-order valence-corrected chi connectivity index (χ0v) is 15.5. The number of benzene rings is 1. The molecule has 0 aliphatic carbocycles. The van der Waals surface area contributed by atoms with Crippen LogP contribution in [0.2, 0.25) is 10.0 Å². The van der Waals surface area contributed by atoms with Gasteiger partial charge in [-0.05, 0) is 52.5 Å². The number of thiophene rings is 1. The quantitative estimate of drug-likeness (QED) is 0.576. The van der Waals surface area contributed by atoms with E-state index in [0.29, 0.717) is 28.9 Å². The molecule has 0 aliphatic heterocycles. The molecule has 2 rings (SSSR count). The number of halogens is 3. The van der Waals surface area contributed by atoms with Gasteiger partial charge < -0.3 is 10.1 Å². The van der Waals surface area contributed by atoms with Gasteiger partial charge in [-0.15, -0.1) is 11.3 Å². The Hall–Kier alpha value is -0.260. The van der Waals surface area contributed by atoms with Crippen LogP contribution in [0.3, 0.4) is 0 Å². The summed E-state index contributed by atoms with van der Waals surface area (Å²) >= 11 is 17.5. The zero-order chi connectivity index (χ0) is 15.2. The van der Waals surface area contributed by atoms with Gasteiger partial charge in [-0.25, -0.2) is 0 Å². The molecule has 0 saturated carbocycles. The van der Waals surface area contributed by atoms with Crippen LogP contribution in [0.1, 0.15) is 23.8 Å². The molecule has 0 radical (unpaired) electrons. The van der Waals surface area contributed by atoms with E-state index in [1.54, 1.807) is 17.4 Å². The third-order valence-corrected chi connectivity index (χ3v) is 5.26. The van der Waals surface area contributed by atoms with Crippen molar-refractivity contribution in [1.82, 2.24) is 5.32 Å². The Balaban J connectivity index is 2.14. The second-order valence-corrected chi connectivity index (χ2v) is 7.23. The molecule has 0 spiro atoms. The van der Waals surface area contributed by atoms with Gasteiger partial charge in [-0.2, -0.15) is 0 Å². The van der Waals surface area contributed by atoms with Gasteiger partial charge >= 0.3 is 0 Å². The van der Waals surface area contributed by atoms with Gasteiger partial charge in [-0.3, -0.25) is 0 Å². The number of hydrogen-bond acceptors (Lipinski definition) is 3. The minimum absolute atomic E-state index is 0.486. The van der Waals surface area contributed by atoms with Crippen molar-refractivity contribution in [3.05, 3.63) is 48.5 Å². The Morgan fingerprint density at radius 1 is 1.33 bits per heavy atom. The van der Waals surface area contributed by atoms with Crippen LogP contribution >= 0.6 is 50.5 Å². The third-order valence-electron chi connectivity index (χ3n) is 2.87. The fourth-order valence-electron chi connectivity index (χ4n) is 1.87. The molecule has 0 atom stereocenters. The van der Waals surface area contributed by atoms with E-state index in [1.807, 2.05) is 17.5 Å². The van der Waals surface area contributed by atoms with Crippen molar-refractivity contribution in [2.24, 2.45) is 0 Å². The summed E-state index contributed by atoms with van der Waals surface area (Å²) in [6.07, 6.45) is 1.08. The molecule has 0 amide bonds. The summed E-state index contributed by atoms with van der Waals surface area (Å²) in [7, 11) is 0. The minimum atomic E-state index is 0.486. The second-order valence-electron chi connectivity index (χ2n) is 4.53. The Bertz CT molecular complexity index is 603. The predicted octanol–water partition coefficient (Wildman–Crippen LogP) is 5.90. The molecule has 2 aromatic rings. The lowest BCUT2D eigenvalue weighted by atomic mass is 10.2. The van der Waals surface area contributed by atoms with Gasteiger partial charge in [-0.1, -0.05) is 30.1 Å². The van der Waals surface area contributed by atoms with Gasteiger partial charge in [0.15, 0.2) is 0 Å². The van der Waals surface area contributed by atoms with Crippen LogP contribution in [0, 0.1) is 0 Å². The summed E-state index contributed by atoms with van der Waals surface area (Å²) < 4.78 is 6.99. The van der Waals surface area contributed by atoms with Gasteiger partial charge in [0.1, 0.15) is 12.4 Å². The van der Waals surface area contributed by atoms with Crippen LogP contribution in [0.15, 0.2) is 28.1 Å². The molecule has 1 heterocycles. The van der Waals surface area contributed by atoms with Crippen LogP contribution < -0.4 is 10.1 Å². The normalized spacial score (nSPS) is 10.9. The smallest absolute Gasteiger partial charge is 0.143 e. The van der Waals surface area contributed by atoms with Crippen molar-refractivity contribution in [3.8, 4) is 5.75 Å². The van der Waals surface area contributed by atoms with Gasteiger partial charge in [0, 0.05) is 21.6 Å². The molecule has 114 valence electrons. The first-order valence-corrected chi connectivity index (χ1v) is 9.08. The van der Waals surface area contributed by atoms with Crippen molar-refractivity contribution >= 4 is 50.5 Å². The molecule has 21 heavy (non-hydrogen) atoms. The van der Waals surface area contributed by atoms with Crippen LogP contribution in [0.5, 0.6) is 5.75 Å². The van der Waals surface area contributed by atoms with Crippen LogP contribution in [0.4, 0.5) is 0 Å². The third kappa shape index (κ3) is 4.86. The first-order valence-electron chi connectivity index (χ1n) is 6.65. The Labute approximate surface area is 147 Å². The largest absolute Gasteiger partial charge is 0.486 e. The lowest BCUT2D eigenvalue weighted by Crippen LogP contribution is -2.14. The molecule has 1 N–H and O–H groups in total. The maximum atomic E-state index is 6.28. The van der Waals surface area contributed by atoms with E-state index in [1.165, 1.54) is 0 Å². The lowest BCUT2D eigenvalue weighted by molar-refractivity contribution is 0.305. The molecule has 6 heteroatoms. The van der Waals surface area contributed by atoms with Gasteiger partial charge in [0.05, 0.1) is 9.90 Å². The van der Waals surface area contributed by atoms with E-state index in [9.17, 15) is 0 Å². The number of rotatable bonds is 7. The topological polar surface area (TPSA) is 21.3 Å². The maximum Gasteiger partial charge on any atom is 0.143 e. The molecular formula is C15H16BrCl2NOS. The fourth-order valence-corrected chi connectivity index (χ4v) is 3.84. The van der Waals surface area contributed by atoms with Crippen LogP contribution in [-0.2, 0) is 13.2 Å². The summed E-state index contributed by atoms with van der Waals surface area (Å²) in [4.78, 5) is 1.13. The first kappa shape index (κ1) is 17.1. The number of nitrogens with one attached hydrogen (secondary N) is 1. The lowest BCUT2D eigenvalue weighted by Gasteiger charge is -2.14. The van der Waals surface area contributed by atoms with E-state index in [-0.39, 0.29) is 0 Å². The van der Waals surface area contributed by atoms with Gasteiger partial charge in [0.25, 0.3) is 0 Å². The van der Waals surface area contributed by atoms with Crippen molar-refractivity contribution in [3.63, 3.8) is 0 Å². The first-order chi connectivity index (χ1) is 10.1. The van der Waals surface area contributed by atoms with E-state index in [0.717, 1.165) is 27.9 Å². The van der Waals surface area contributed by atoms with Crippen molar-refractivity contribution in [1.29, 1.82) is 0 Å². The SMILES string of the molecule is CCCNCc1cc(Cl)cc(Cl)c1OCc1sccc1Br. The van der Waals surface area contributed by atoms with Crippen molar-refractivity contribution in [2.45, 2.75) is 26.5 Å². The van der Waals surface area contributed by atoms with Gasteiger partial charge in [0.2, 0.25) is 0 Å². The van der Waals surface area contributed by atoms with Crippen molar-refractivity contribution < 1.29 is 4.74 Å². The van der Waals surface area contributed by atoms with E-state index in [4.69, 9.17) is 27.9 Å². The number of hydrogen-bond donors (Lipinski definition) is 1.